The van der Waals surface area contributed by atoms with Crippen molar-refractivity contribution in [2.75, 3.05) is 13.1 Å². The third kappa shape index (κ3) is 3.13. The minimum Gasteiger partial charge on any atom is -0.349 e. The Morgan fingerprint density at radius 3 is 2.95 bits per heavy atom. The van der Waals surface area contributed by atoms with Crippen molar-refractivity contribution >= 4 is 5.91 Å². The van der Waals surface area contributed by atoms with Gasteiger partial charge in [-0.15, -0.1) is 0 Å². The summed E-state index contributed by atoms with van der Waals surface area (Å²) in [6.07, 6.45) is 4.50. The number of aromatic nitrogens is 2. The second-order valence-corrected chi connectivity index (χ2v) is 5.52. The van der Waals surface area contributed by atoms with Crippen molar-refractivity contribution < 1.29 is 4.79 Å². The average Bonchev–Trinajstić information content (AvgIpc) is 3.20. The fourth-order valence-electron chi connectivity index (χ4n) is 2.67. The fourth-order valence-corrected chi connectivity index (χ4v) is 2.67. The molecule has 110 valence electrons. The number of nitrogens with one attached hydrogen (secondary N) is 2. The number of carbonyl (C=O) groups is 1. The van der Waals surface area contributed by atoms with Crippen LogP contribution < -0.4 is 10.6 Å². The maximum atomic E-state index is 12.3. The van der Waals surface area contributed by atoms with E-state index >= 15 is 0 Å². The van der Waals surface area contributed by atoms with Gasteiger partial charge in [0.25, 0.3) is 5.91 Å². The van der Waals surface area contributed by atoms with Crippen molar-refractivity contribution in [3.05, 3.63) is 48.3 Å². The van der Waals surface area contributed by atoms with Gasteiger partial charge in [0.2, 0.25) is 0 Å². The monoisotopic (exact) mass is 284 g/mol. The molecule has 0 spiro atoms. The zero-order valence-corrected chi connectivity index (χ0v) is 12.1. The van der Waals surface area contributed by atoms with Crippen molar-refractivity contribution in [3.8, 4) is 5.69 Å². The molecule has 1 aliphatic rings. The summed E-state index contributed by atoms with van der Waals surface area (Å²) < 4.78 is 1.72. The van der Waals surface area contributed by atoms with Crippen LogP contribution in [0.5, 0.6) is 0 Å². The van der Waals surface area contributed by atoms with E-state index in [2.05, 4.69) is 22.7 Å². The maximum Gasteiger partial charge on any atom is 0.254 e. The Bertz CT molecular complexity index is 602. The predicted molar refractivity (Wildman–Crippen MR) is 81.5 cm³/mol. The van der Waals surface area contributed by atoms with E-state index in [1.54, 1.807) is 17.1 Å². The largest absolute Gasteiger partial charge is 0.349 e. The lowest BCUT2D eigenvalue weighted by atomic mass is 10.0. The molecule has 0 saturated carbocycles. The molecule has 2 atom stereocenters. The smallest absolute Gasteiger partial charge is 0.254 e. The lowest BCUT2D eigenvalue weighted by Crippen LogP contribution is -2.38. The number of hydrogen-bond acceptors (Lipinski definition) is 3. The molecule has 0 radical (unpaired) electrons. The second-order valence-electron chi connectivity index (χ2n) is 5.52. The van der Waals surface area contributed by atoms with Gasteiger partial charge in [-0.3, -0.25) is 4.79 Å². The van der Waals surface area contributed by atoms with Gasteiger partial charge in [0.1, 0.15) is 0 Å². The third-order valence-corrected chi connectivity index (χ3v) is 4.03. The van der Waals surface area contributed by atoms with Crippen LogP contribution in [0.1, 0.15) is 23.7 Å². The van der Waals surface area contributed by atoms with E-state index < -0.39 is 0 Å². The highest BCUT2D eigenvalue weighted by atomic mass is 16.1. The maximum absolute atomic E-state index is 12.3. The zero-order valence-electron chi connectivity index (χ0n) is 12.1. The molecule has 2 N–H and O–H groups in total. The summed E-state index contributed by atoms with van der Waals surface area (Å²) in [5.41, 5.74) is 1.54. The number of amides is 1. The van der Waals surface area contributed by atoms with Gasteiger partial charge in [-0.25, -0.2) is 4.68 Å². The molecule has 5 heteroatoms. The molecular formula is C16H20N4O. The van der Waals surface area contributed by atoms with Gasteiger partial charge >= 0.3 is 0 Å². The molecule has 2 aromatic rings. The lowest BCUT2D eigenvalue weighted by molar-refractivity contribution is 0.0929. The normalized spacial score (nSPS) is 19.4. The molecule has 2 heterocycles. The van der Waals surface area contributed by atoms with Crippen molar-refractivity contribution in [1.29, 1.82) is 0 Å². The topological polar surface area (TPSA) is 59.0 Å². The van der Waals surface area contributed by atoms with Gasteiger partial charge < -0.3 is 10.6 Å². The molecule has 2 unspecified atom stereocenters. The van der Waals surface area contributed by atoms with Gasteiger partial charge in [-0.05, 0) is 44.5 Å². The van der Waals surface area contributed by atoms with Gasteiger partial charge in [-0.2, -0.15) is 5.10 Å². The Hall–Kier alpha value is -2.14. The first-order valence-corrected chi connectivity index (χ1v) is 7.36. The predicted octanol–water partition coefficient (Wildman–Crippen LogP) is 1.60. The minimum atomic E-state index is -0.0587. The average molecular weight is 284 g/mol. The quantitative estimate of drug-likeness (QED) is 0.896. The lowest BCUT2D eigenvalue weighted by Gasteiger charge is -2.19. The highest BCUT2D eigenvalue weighted by Crippen LogP contribution is 2.13. The number of para-hydroxylation sites is 1. The van der Waals surface area contributed by atoms with Crippen molar-refractivity contribution in [2.45, 2.75) is 19.4 Å². The van der Waals surface area contributed by atoms with E-state index in [-0.39, 0.29) is 11.9 Å². The summed E-state index contributed by atoms with van der Waals surface area (Å²) in [5.74, 6) is 0.453. The molecule has 3 rings (SSSR count). The highest BCUT2D eigenvalue weighted by Gasteiger charge is 2.23. The summed E-state index contributed by atoms with van der Waals surface area (Å²) in [4.78, 5) is 12.3. The van der Waals surface area contributed by atoms with Crippen LogP contribution in [0.15, 0.2) is 42.7 Å². The number of carbonyl (C=O) groups excluding carboxylic acids is 1. The Morgan fingerprint density at radius 2 is 2.24 bits per heavy atom. The van der Waals surface area contributed by atoms with Crippen LogP contribution in [0.25, 0.3) is 5.69 Å². The van der Waals surface area contributed by atoms with Gasteiger partial charge in [0.15, 0.2) is 0 Å². The first-order chi connectivity index (χ1) is 10.2. The van der Waals surface area contributed by atoms with E-state index in [1.807, 2.05) is 30.3 Å². The molecule has 21 heavy (non-hydrogen) atoms. The highest BCUT2D eigenvalue weighted by molar-refractivity contribution is 5.94. The molecule has 1 saturated heterocycles. The summed E-state index contributed by atoms with van der Waals surface area (Å²) in [7, 11) is 0. The number of rotatable bonds is 4. The summed E-state index contributed by atoms with van der Waals surface area (Å²) in [5, 5.41) is 10.7. The Morgan fingerprint density at radius 1 is 1.43 bits per heavy atom. The molecule has 0 bridgehead atoms. The third-order valence-electron chi connectivity index (χ3n) is 4.03. The van der Waals surface area contributed by atoms with Gasteiger partial charge in [0.05, 0.1) is 17.4 Å². The SMILES string of the molecule is CC(NC(=O)c1cnn(-c2ccccc2)c1)C1CCNC1. The van der Waals surface area contributed by atoms with E-state index in [9.17, 15) is 4.79 Å². The van der Waals surface area contributed by atoms with E-state index in [0.29, 0.717) is 11.5 Å². The number of hydrogen-bond donors (Lipinski definition) is 2. The first kappa shape index (κ1) is 13.8. The Labute approximate surface area is 124 Å². The Balaban J connectivity index is 1.67. The zero-order chi connectivity index (χ0) is 14.7. The number of nitrogens with zero attached hydrogens (tertiary/aromatic N) is 2. The second kappa shape index (κ2) is 6.10. The molecular weight excluding hydrogens is 264 g/mol. The van der Waals surface area contributed by atoms with Crippen LogP contribution in [-0.2, 0) is 0 Å². The fraction of sp³-hybridized carbons (Fsp3) is 0.375. The van der Waals surface area contributed by atoms with Crippen LogP contribution in [0.3, 0.4) is 0 Å². The molecule has 1 aromatic heterocycles. The summed E-state index contributed by atoms with van der Waals surface area (Å²) in [6.45, 7) is 4.08. The van der Waals surface area contributed by atoms with E-state index in [0.717, 1.165) is 25.2 Å². The summed E-state index contributed by atoms with van der Waals surface area (Å²) >= 11 is 0. The molecule has 1 aliphatic heterocycles. The van der Waals surface area contributed by atoms with Gasteiger partial charge in [-0.1, -0.05) is 18.2 Å². The molecule has 5 nitrogen and oxygen atoms in total. The minimum absolute atomic E-state index is 0.0587. The van der Waals surface area contributed by atoms with Crippen LogP contribution in [0.4, 0.5) is 0 Å². The molecule has 1 amide bonds. The number of benzene rings is 1. The molecule has 1 aromatic carbocycles. The van der Waals surface area contributed by atoms with Crippen molar-refractivity contribution in [2.24, 2.45) is 5.92 Å². The van der Waals surface area contributed by atoms with Crippen LogP contribution in [0.2, 0.25) is 0 Å². The van der Waals surface area contributed by atoms with E-state index in [1.165, 1.54) is 0 Å². The van der Waals surface area contributed by atoms with Gasteiger partial charge in [0, 0.05) is 12.2 Å². The van der Waals surface area contributed by atoms with Crippen LogP contribution in [0, 0.1) is 5.92 Å². The first-order valence-electron chi connectivity index (χ1n) is 7.36. The van der Waals surface area contributed by atoms with Crippen LogP contribution >= 0.6 is 0 Å². The van der Waals surface area contributed by atoms with E-state index in [4.69, 9.17) is 0 Å². The Kier molecular flexibility index (Phi) is 4.01. The molecule has 0 aliphatic carbocycles. The van der Waals surface area contributed by atoms with Crippen molar-refractivity contribution in [3.63, 3.8) is 0 Å². The van der Waals surface area contributed by atoms with Crippen molar-refractivity contribution in [1.82, 2.24) is 20.4 Å². The standard InChI is InChI=1S/C16H20N4O/c1-12(13-7-8-17-9-13)19-16(21)14-10-18-20(11-14)15-5-3-2-4-6-15/h2-6,10-13,17H,7-9H2,1H3,(H,19,21). The van der Waals surface area contributed by atoms with Crippen LogP contribution in [-0.4, -0.2) is 34.8 Å². The summed E-state index contributed by atoms with van der Waals surface area (Å²) in [6, 6.07) is 9.95. The molecule has 1 fully saturated rings.